The molecular weight excluding hydrogens is 240 g/mol. The van der Waals surface area contributed by atoms with Crippen LogP contribution < -0.4 is 4.90 Å². The van der Waals surface area contributed by atoms with E-state index in [1.807, 2.05) is 0 Å². The summed E-state index contributed by atoms with van der Waals surface area (Å²) in [6.07, 6.45) is 0.898. The molecule has 1 heterocycles. The number of hydrogen-bond donors (Lipinski definition) is 1. The Balaban J connectivity index is 2.37. The molecule has 98 valence electrons. The standard InChI is InChI=1S/C13H15F2NO2/c1-13(2)5-6-16(7-13)9-4-3-8(12(17)18)10(14)11(9)15/h3-4H,5-7H2,1-2H3,(H,17,18). The first-order valence-electron chi connectivity index (χ1n) is 5.78. The van der Waals surface area contributed by atoms with Crippen molar-refractivity contribution in [2.24, 2.45) is 5.41 Å². The molecule has 0 amide bonds. The zero-order valence-corrected chi connectivity index (χ0v) is 10.3. The van der Waals surface area contributed by atoms with E-state index in [0.717, 1.165) is 12.5 Å². The average molecular weight is 255 g/mol. The average Bonchev–Trinajstić information content (AvgIpc) is 2.62. The Kier molecular flexibility index (Phi) is 3.00. The van der Waals surface area contributed by atoms with Gasteiger partial charge in [-0.15, -0.1) is 0 Å². The second kappa shape index (κ2) is 4.23. The quantitative estimate of drug-likeness (QED) is 0.883. The normalized spacial score (nSPS) is 18.1. The van der Waals surface area contributed by atoms with Crippen molar-refractivity contribution < 1.29 is 18.7 Å². The lowest BCUT2D eigenvalue weighted by atomic mass is 9.93. The van der Waals surface area contributed by atoms with E-state index in [4.69, 9.17) is 5.11 Å². The molecule has 2 rings (SSSR count). The molecule has 1 saturated heterocycles. The number of carboxylic acids is 1. The molecule has 0 radical (unpaired) electrons. The Hall–Kier alpha value is -1.65. The first-order valence-corrected chi connectivity index (χ1v) is 5.78. The molecule has 0 atom stereocenters. The molecule has 1 aliphatic heterocycles. The maximum Gasteiger partial charge on any atom is 0.338 e. The zero-order chi connectivity index (χ0) is 13.5. The highest BCUT2D eigenvalue weighted by molar-refractivity contribution is 5.88. The predicted octanol–water partition coefficient (Wildman–Crippen LogP) is 2.90. The SMILES string of the molecule is CC1(C)CCN(c2ccc(C(=O)O)c(F)c2F)C1. The predicted molar refractivity (Wildman–Crippen MR) is 63.9 cm³/mol. The van der Waals surface area contributed by atoms with Crippen LogP contribution in [-0.2, 0) is 0 Å². The maximum atomic E-state index is 13.8. The molecule has 0 bridgehead atoms. The van der Waals surface area contributed by atoms with Crippen LogP contribution in [0.4, 0.5) is 14.5 Å². The number of anilines is 1. The van der Waals surface area contributed by atoms with Crippen molar-refractivity contribution in [1.29, 1.82) is 0 Å². The minimum absolute atomic E-state index is 0.0639. The van der Waals surface area contributed by atoms with Crippen molar-refractivity contribution in [3.05, 3.63) is 29.3 Å². The number of carboxylic acid groups (broad SMARTS) is 1. The number of rotatable bonds is 2. The van der Waals surface area contributed by atoms with Gasteiger partial charge < -0.3 is 10.0 Å². The molecule has 1 aromatic carbocycles. The minimum atomic E-state index is -1.46. The van der Waals surface area contributed by atoms with Gasteiger partial charge in [0.05, 0.1) is 11.3 Å². The van der Waals surface area contributed by atoms with E-state index in [9.17, 15) is 13.6 Å². The van der Waals surface area contributed by atoms with Crippen molar-refractivity contribution in [2.75, 3.05) is 18.0 Å². The van der Waals surface area contributed by atoms with Crippen LogP contribution in [0.1, 0.15) is 30.6 Å². The monoisotopic (exact) mass is 255 g/mol. The summed E-state index contributed by atoms with van der Waals surface area (Å²) in [5, 5.41) is 8.71. The van der Waals surface area contributed by atoms with Gasteiger partial charge in [-0.05, 0) is 24.0 Å². The summed E-state index contributed by atoms with van der Waals surface area (Å²) in [5.74, 6) is -3.82. The largest absolute Gasteiger partial charge is 0.478 e. The van der Waals surface area contributed by atoms with Gasteiger partial charge >= 0.3 is 5.97 Å². The number of nitrogens with zero attached hydrogens (tertiary/aromatic N) is 1. The molecule has 0 aromatic heterocycles. The van der Waals surface area contributed by atoms with Crippen LogP contribution in [0.5, 0.6) is 0 Å². The Morgan fingerprint density at radius 3 is 2.50 bits per heavy atom. The van der Waals surface area contributed by atoms with E-state index in [-0.39, 0.29) is 11.1 Å². The highest BCUT2D eigenvalue weighted by Gasteiger charge is 2.31. The van der Waals surface area contributed by atoms with Crippen LogP contribution in [0.15, 0.2) is 12.1 Å². The molecule has 1 N–H and O–H groups in total. The minimum Gasteiger partial charge on any atom is -0.478 e. The Bertz CT molecular complexity index is 500. The van der Waals surface area contributed by atoms with Gasteiger partial charge in [0.1, 0.15) is 0 Å². The molecular formula is C13H15F2NO2. The molecule has 0 unspecified atom stereocenters. The Morgan fingerprint density at radius 1 is 1.33 bits per heavy atom. The summed E-state index contributed by atoms with van der Waals surface area (Å²) in [7, 11) is 0. The second-order valence-corrected chi connectivity index (χ2v) is 5.40. The molecule has 0 saturated carbocycles. The summed E-state index contributed by atoms with van der Waals surface area (Å²) in [6.45, 7) is 5.41. The molecule has 3 nitrogen and oxygen atoms in total. The van der Waals surface area contributed by atoms with E-state index >= 15 is 0 Å². The number of hydrogen-bond acceptors (Lipinski definition) is 2. The fourth-order valence-electron chi connectivity index (χ4n) is 2.27. The van der Waals surface area contributed by atoms with Crippen molar-refractivity contribution >= 4 is 11.7 Å². The van der Waals surface area contributed by atoms with Crippen molar-refractivity contribution in [1.82, 2.24) is 0 Å². The molecule has 1 fully saturated rings. The van der Waals surface area contributed by atoms with E-state index < -0.39 is 23.2 Å². The smallest absolute Gasteiger partial charge is 0.338 e. The number of halogens is 2. The fourth-order valence-corrected chi connectivity index (χ4v) is 2.27. The van der Waals surface area contributed by atoms with Gasteiger partial charge in [0.15, 0.2) is 11.6 Å². The van der Waals surface area contributed by atoms with Gasteiger partial charge in [0.25, 0.3) is 0 Å². The van der Waals surface area contributed by atoms with Gasteiger partial charge in [-0.3, -0.25) is 0 Å². The van der Waals surface area contributed by atoms with Crippen LogP contribution in [0.2, 0.25) is 0 Å². The van der Waals surface area contributed by atoms with Gasteiger partial charge in [-0.2, -0.15) is 0 Å². The number of carbonyl (C=O) groups is 1. The molecule has 0 spiro atoms. The first-order chi connectivity index (χ1) is 8.32. The third kappa shape index (κ3) is 2.17. The summed E-state index contributed by atoms with van der Waals surface area (Å²) in [6, 6.07) is 2.45. The molecule has 1 aliphatic rings. The molecule has 5 heteroatoms. The van der Waals surface area contributed by atoms with Crippen LogP contribution in [0.3, 0.4) is 0 Å². The van der Waals surface area contributed by atoms with Gasteiger partial charge in [-0.25, -0.2) is 13.6 Å². The first kappa shape index (κ1) is 12.8. The third-order valence-corrected chi connectivity index (χ3v) is 3.31. The maximum absolute atomic E-state index is 13.8. The highest BCUT2D eigenvalue weighted by atomic mass is 19.2. The third-order valence-electron chi connectivity index (χ3n) is 3.31. The topological polar surface area (TPSA) is 40.5 Å². The van der Waals surface area contributed by atoms with Crippen LogP contribution >= 0.6 is 0 Å². The van der Waals surface area contributed by atoms with Gasteiger partial charge in [-0.1, -0.05) is 13.8 Å². The van der Waals surface area contributed by atoms with Crippen molar-refractivity contribution in [3.63, 3.8) is 0 Å². The molecule has 0 aliphatic carbocycles. The van der Waals surface area contributed by atoms with E-state index in [2.05, 4.69) is 13.8 Å². The van der Waals surface area contributed by atoms with Gasteiger partial charge in [0.2, 0.25) is 0 Å². The fraction of sp³-hybridized carbons (Fsp3) is 0.462. The van der Waals surface area contributed by atoms with E-state index in [0.29, 0.717) is 13.1 Å². The van der Waals surface area contributed by atoms with Crippen molar-refractivity contribution in [3.8, 4) is 0 Å². The van der Waals surface area contributed by atoms with Gasteiger partial charge in [0, 0.05) is 13.1 Å². The lowest BCUT2D eigenvalue weighted by Gasteiger charge is -2.22. The Morgan fingerprint density at radius 2 is 2.00 bits per heavy atom. The molecule has 18 heavy (non-hydrogen) atoms. The summed E-state index contributed by atoms with van der Waals surface area (Å²) < 4.78 is 27.4. The van der Waals surface area contributed by atoms with Crippen LogP contribution in [0.25, 0.3) is 0 Å². The summed E-state index contributed by atoms with van der Waals surface area (Å²) >= 11 is 0. The lowest BCUT2D eigenvalue weighted by molar-refractivity contribution is 0.0690. The summed E-state index contributed by atoms with van der Waals surface area (Å²) in [5.41, 5.74) is -0.424. The molecule has 1 aromatic rings. The van der Waals surface area contributed by atoms with Crippen LogP contribution in [-0.4, -0.2) is 24.2 Å². The van der Waals surface area contributed by atoms with E-state index in [1.165, 1.54) is 6.07 Å². The highest BCUT2D eigenvalue weighted by Crippen LogP contribution is 2.34. The summed E-state index contributed by atoms with van der Waals surface area (Å²) in [4.78, 5) is 12.4. The number of benzene rings is 1. The number of aromatic carboxylic acids is 1. The van der Waals surface area contributed by atoms with E-state index in [1.54, 1.807) is 4.90 Å². The lowest BCUT2D eigenvalue weighted by Crippen LogP contribution is -2.24. The second-order valence-electron chi connectivity index (χ2n) is 5.40. The van der Waals surface area contributed by atoms with Crippen molar-refractivity contribution in [2.45, 2.75) is 20.3 Å². The van der Waals surface area contributed by atoms with Crippen LogP contribution in [0, 0.1) is 17.0 Å². The Labute approximate surface area is 104 Å². The zero-order valence-electron chi connectivity index (χ0n) is 10.3.